The molecule has 2 amide bonds. The quantitative estimate of drug-likeness (QED) is 0.562. The summed E-state index contributed by atoms with van der Waals surface area (Å²) in [5, 5.41) is 4.25. The molecule has 9 nitrogen and oxygen atoms in total. The number of carbonyl (C=O) groups is 2. The van der Waals surface area contributed by atoms with E-state index in [1.807, 2.05) is 43.3 Å². The fourth-order valence-corrected chi connectivity index (χ4v) is 5.35. The lowest BCUT2D eigenvalue weighted by molar-refractivity contribution is -0.0553. The monoisotopic (exact) mass is 475 g/mol. The molecule has 2 fully saturated rings. The summed E-state index contributed by atoms with van der Waals surface area (Å²) in [5.74, 6) is 0.621. The molecule has 3 aromatic rings. The first-order valence-corrected chi connectivity index (χ1v) is 11.7. The van der Waals surface area contributed by atoms with Gasteiger partial charge < -0.3 is 14.4 Å². The van der Waals surface area contributed by atoms with E-state index in [1.54, 1.807) is 53.3 Å². The van der Waals surface area contributed by atoms with Gasteiger partial charge in [0.15, 0.2) is 0 Å². The van der Waals surface area contributed by atoms with E-state index in [2.05, 4.69) is 10.1 Å². The number of aryl methyl sites for hydroxylation is 1. The zero-order chi connectivity index (χ0) is 24.6. The second-order valence-electron chi connectivity index (χ2n) is 9.28. The molecule has 4 heterocycles. The SMILES string of the molecule is COc1cccc(CN2C(=O)OC3(CCN(C(=O)c4ccn(C)n4)CC3)C2(C)c2cccnc2)c1. The lowest BCUT2D eigenvalue weighted by atomic mass is 9.70. The molecule has 2 aromatic heterocycles. The van der Waals surface area contributed by atoms with Crippen molar-refractivity contribution < 1.29 is 19.1 Å². The van der Waals surface area contributed by atoms with Crippen molar-refractivity contribution in [2.45, 2.75) is 37.5 Å². The Morgan fingerprint density at radius 2 is 1.97 bits per heavy atom. The van der Waals surface area contributed by atoms with Crippen LogP contribution in [0.2, 0.25) is 0 Å². The van der Waals surface area contributed by atoms with E-state index < -0.39 is 11.1 Å². The smallest absolute Gasteiger partial charge is 0.411 e. The molecule has 0 bridgehead atoms. The van der Waals surface area contributed by atoms with Gasteiger partial charge in [-0.15, -0.1) is 0 Å². The average Bonchev–Trinajstić information content (AvgIpc) is 3.40. The molecule has 9 heteroatoms. The van der Waals surface area contributed by atoms with Crippen LogP contribution in [-0.4, -0.2) is 62.4 Å². The minimum atomic E-state index is -0.799. The Kier molecular flexibility index (Phi) is 5.70. The molecule has 1 atom stereocenters. The molecule has 0 N–H and O–H groups in total. The molecular formula is C26H29N5O4. The molecule has 2 aliphatic heterocycles. The molecule has 2 saturated heterocycles. The maximum atomic E-state index is 13.4. The summed E-state index contributed by atoms with van der Waals surface area (Å²) in [5.41, 5.74) is 0.685. The topological polar surface area (TPSA) is 89.8 Å². The molecule has 0 radical (unpaired) electrons. The van der Waals surface area contributed by atoms with Gasteiger partial charge >= 0.3 is 6.09 Å². The second-order valence-corrected chi connectivity index (χ2v) is 9.28. The van der Waals surface area contributed by atoms with Crippen molar-refractivity contribution in [3.05, 3.63) is 77.9 Å². The van der Waals surface area contributed by atoms with Crippen LogP contribution in [0.15, 0.2) is 61.1 Å². The van der Waals surface area contributed by atoms with E-state index in [9.17, 15) is 9.59 Å². The third kappa shape index (κ3) is 3.80. The number of hydrogen-bond acceptors (Lipinski definition) is 6. The highest BCUT2D eigenvalue weighted by atomic mass is 16.6. The van der Waals surface area contributed by atoms with Crippen LogP contribution in [0.4, 0.5) is 4.79 Å². The number of nitrogens with zero attached hydrogens (tertiary/aromatic N) is 5. The van der Waals surface area contributed by atoms with E-state index in [-0.39, 0.29) is 12.0 Å². The Bertz CT molecular complexity index is 1240. The van der Waals surface area contributed by atoms with Crippen molar-refractivity contribution in [2.24, 2.45) is 7.05 Å². The first-order chi connectivity index (χ1) is 16.9. The summed E-state index contributed by atoms with van der Waals surface area (Å²) in [4.78, 5) is 34.3. The standard InChI is InChI=1S/C26H29N5O4/c1-25(20-7-5-12-27-17-20)26(10-14-30(15-11-26)23(32)22-9-13-29(2)28-22)35-24(33)31(25)18-19-6-4-8-21(16-19)34-3/h4-9,12-13,16-17H,10-11,14-15,18H2,1-3H3. The van der Waals surface area contributed by atoms with Crippen LogP contribution in [0, 0.1) is 0 Å². The molecule has 2 aliphatic rings. The summed E-state index contributed by atoms with van der Waals surface area (Å²) in [7, 11) is 3.41. The Labute approximate surface area is 204 Å². The van der Waals surface area contributed by atoms with Gasteiger partial charge in [0.05, 0.1) is 13.7 Å². The number of rotatable bonds is 5. The van der Waals surface area contributed by atoms with Crippen molar-refractivity contribution in [3.63, 3.8) is 0 Å². The number of likely N-dealkylation sites (tertiary alicyclic amines) is 1. The van der Waals surface area contributed by atoms with E-state index >= 15 is 0 Å². The number of carbonyl (C=O) groups excluding carboxylic acids is 2. The molecule has 35 heavy (non-hydrogen) atoms. The number of aromatic nitrogens is 3. The van der Waals surface area contributed by atoms with Crippen molar-refractivity contribution in [1.29, 1.82) is 0 Å². The van der Waals surface area contributed by atoms with Crippen LogP contribution in [-0.2, 0) is 23.9 Å². The summed E-state index contributed by atoms with van der Waals surface area (Å²) >= 11 is 0. The van der Waals surface area contributed by atoms with Gasteiger partial charge in [-0.05, 0) is 42.3 Å². The molecule has 0 saturated carbocycles. The molecule has 1 unspecified atom stereocenters. The maximum absolute atomic E-state index is 13.4. The average molecular weight is 476 g/mol. The Hall–Kier alpha value is -3.88. The highest BCUT2D eigenvalue weighted by molar-refractivity contribution is 5.92. The van der Waals surface area contributed by atoms with Crippen LogP contribution in [0.1, 0.15) is 41.4 Å². The first-order valence-electron chi connectivity index (χ1n) is 11.7. The lowest BCUT2D eigenvalue weighted by Crippen LogP contribution is -2.58. The Morgan fingerprint density at radius 1 is 1.17 bits per heavy atom. The molecule has 1 aromatic carbocycles. The van der Waals surface area contributed by atoms with Crippen molar-refractivity contribution in [1.82, 2.24) is 24.6 Å². The minimum Gasteiger partial charge on any atom is -0.497 e. The third-order valence-electron chi connectivity index (χ3n) is 7.42. The van der Waals surface area contributed by atoms with Crippen molar-refractivity contribution >= 4 is 12.0 Å². The number of methoxy groups -OCH3 is 1. The summed E-state index contributed by atoms with van der Waals surface area (Å²) in [6, 6.07) is 13.3. The zero-order valence-electron chi connectivity index (χ0n) is 20.2. The fourth-order valence-electron chi connectivity index (χ4n) is 5.35. The summed E-state index contributed by atoms with van der Waals surface area (Å²) < 4.78 is 13.2. The highest BCUT2D eigenvalue weighted by Gasteiger charge is 2.64. The van der Waals surface area contributed by atoms with Gasteiger partial charge in [-0.1, -0.05) is 18.2 Å². The molecule has 5 rings (SSSR count). The number of hydrogen-bond donors (Lipinski definition) is 0. The predicted molar refractivity (Wildman–Crippen MR) is 128 cm³/mol. The predicted octanol–water partition coefficient (Wildman–Crippen LogP) is 3.37. The van der Waals surface area contributed by atoms with Gasteiger partial charge in [-0.3, -0.25) is 19.4 Å². The van der Waals surface area contributed by atoms with Crippen LogP contribution < -0.4 is 4.74 Å². The van der Waals surface area contributed by atoms with E-state index in [0.717, 1.165) is 16.9 Å². The minimum absolute atomic E-state index is 0.110. The number of pyridine rings is 1. The fraction of sp³-hybridized carbons (Fsp3) is 0.385. The van der Waals surface area contributed by atoms with Gasteiger partial charge in [-0.25, -0.2) is 4.79 Å². The van der Waals surface area contributed by atoms with E-state index in [4.69, 9.17) is 9.47 Å². The number of amides is 2. The lowest BCUT2D eigenvalue weighted by Gasteiger charge is -2.48. The van der Waals surface area contributed by atoms with Gasteiger partial charge in [0.1, 0.15) is 22.6 Å². The van der Waals surface area contributed by atoms with Crippen LogP contribution in [0.5, 0.6) is 5.75 Å². The van der Waals surface area contributed by atoms with Crippen LogP contribution >= 0.6 is 0 Å². The Balaban J connectivity index is 1.46. The normalized spacial score (nSPS) is 21.3. The second kappa shape index (κ2) is 8.72. The van der Waals surface area contributed by atoms with E-state index in [0.29, 0.717) is 38.2 Å². The van der Waals surface area contributed by atoms with Crippen molar-refractivity contribution in [2.75, 3.05) is 20.2 Å². The van der Waals surface area contributed by atoms with Gasteiger partial charge in [-0.2, -0.15) is 5.10 Å². The first kappa shape index (κ1) is 22.9. The Morgan fingerprint density at radius 3 is 2.63 bits per heavy atom. The van der Waals surface area contributed by atoms with Crippen molar-refractivity contribution in [3.8, 4) is 5.75 Å². The van der Waals surface area contributed by atoms with Crippen LogP contribution in [0.3, 0.4) is 0 Å². The number of ether oxygens (including phenoxy) is 2. The summed E-state index contributed by atoms with van der Waals surface area (Å²) in [6.45, 7) is 3.34. The highest BCUT2D eigenvalue weighted by Crippen LogP contribution is 2.52. The van der Waals surface area contributed by atoms with E-state index in [1.165, 1.54) is 0 Å². The zero-order valence-corrected chi connectivity index (χ0v) is 20.2. The number of piperidine rings is 1. The van der Waals surface area contributed by atoms with Gasteiger partial charge in [0, 0.05) is 51.6 Å². The molecule has 1 spiro atoms. The molecule has 182 valence electrons. The number of benzene rings is 1. The summed E-state index contributed by atoms with van der Waals surface area (Å²) in [6.07, 6.45) is 5.93. The third-order valence-corrected chi connectivity index (χ3v) is 7.42. The maximum Gasteiger partial charge on any atom is 0.411 e. The molecule has 0 aliphatic carbocycles. The van der Waals surface area contributed by atoms with Gasteiger partial charge in [0.25, 0.3) is 5.91 Å². The van der Waals surface area contributed by atoms with Crippen LogP contribution in [0.25, 0.3) is 0 Å². The van der Waals surface area contributed by atoms with Gasteiger partial charge in [0.2, 0.25) is 0 Å². The molecular weight excluding hydrogens is 446 g/mol. The largest absolute Gasteiger partial charge is 0.497 e.